The van der Waals surface area contributed by atoms with Crippen molar-refractivity contribution in [3.8, 4) is 0 Å². The van der Waals surface area contributed by atoms with Crippen LogP contribution in [0.3, 0.4) is 0 Å². The van der Waals surface area contributed by atoms with Crippen LogP contribution in [-0.4, -0.2) is 37.8 Å². The highest BCUT2D eigenvalue weighted by Crippen LogP contribution is 2.22. The molecular weight excluding hydrogens is 322 g/mol. The second-order valence-corrected chi connectivity index (χ2v) is 5.53. The smallest absolute Gasteiger partial charge is 0.339 e. The van der Waals surface area contributed by atoms with E-state index in [4.69, 9.17) is 5.11 Å². The van der Waals surface area contributed by atoms with E-state index in [2.05, 4.69) is 10.4 Å². The molecule has 7 nitrogen and oxygen atoms in total. The van der Waals surface area contributed by atoms with Crippen LogP contribution >= 0.6 is 0 Å². The number of carboxylic acids is 1. The van der Waals surface area contributed by atoms with Crippen LogP contribution in [0.25, 0.3) is 0 Å². The largest absolute Gasteiger partial charge is 0.478 e. The minimum absolute atomic E-state index is 0.0347. The van der Waals surface area contributed by atoms with Gasteiger partial charge in [-0.25, -0.2) is 18.4 Å². The van der Waals surface area contributed by atoms with E-state index in [0.717, 1.165) is 12.1 Å². The Labute approximate surface area is 135 Å². The molecule has 3 rings (SSSR count). The Hall–Kier alpha value is -2.97. The zero-order valence-corrected chi connectivity index (χ0v) is 12.7. The minimum atomic E-state index is -1.12. The number of aromatic carboxylic acids is 1. The Kier molecular flexibility index (Phi) is 3.92. The molecular formula is C15H14F2N4O3. The Morgan fingerprint density at radius 2 is 2.08 bits per heavy atom. The highest BCUT2D eigenvalue weighted by molar-refractivity contribution is 5.91. The predicted molar refractivity (Wildman–Crippen MR) is 79.6 cm³/mol. The van der Waals surface area contributed by atoms with Crippen molar-refractivity contribution in [2.75, 3.05) is 5.32 Å². The molecule has 1 aromatic carbocycles. The average Bonchev–Trinajstić information content (AvgIpc) is 2.92. The fourth-order valence-corrected chi connectivity index (χ4v) is 2.62. The zero-order valence-electron chi connectivity index (χ0n) is 12.7. The first-order chi connectivity index (χ1) is 11.4. The Bertz CT molecular complexity index is 821. The summed E-state index contributed by atoms with van der Waals surface area (Å²) in [5, 5.41) is 15.7. The average molecular weight is 336 g/mol. The van der Waals surface area contributed by atoms with Gasteiger partial charge in [-0.1, -0.05) is 0 Å². The maximum atomic E-state index is 13.2. The fraction of sp³-hybridized carbons (Fsp3) is 0.267. The summed E-state index contributed by atoms with van der Waals surface area (Å²) in [6.45, 7) is 2.18. The van der Waals surface area contributed by atoms with E-state index < -0.39 is 23.6 Å². The van der Waals surface area contributed by atoms with Crippen LogP contribution in [0.15, 0.2) is 24.4 Å². The van der Waals surface area contributed by atoms with Crippen LogP contribution in [0, 0.1) is 11.6 Å². The molecule has 0 radical (unpaired) electrons. The molecule has 2 aromatic rings. The number of rotatable bonds is 2. The first-order valence-electron chi connectivity index (χ1n) is 7.17. The van der Waals surface area contributed by atoms with Gasteiger partial charge < -0.3 is 15.3 Å². The van der Waals surface area contributed by atoms with E-state index in [0.29, 0.717) is 12.2 Å². The first kappa shape index (κ1) is 15.9. The van der Waals surface area contributed by atoms with Crippen molar-refractivity contribution < 1.29 is 23.5 Å². The molecule has 0 saturated heterocycles. The van der Waals surface area contributed by atoms with Crippen molar-refractivity contribution in [2.45, 2.75) is 26.1 Å². The highest BCUT2D eigenvalue weighted by atomic mass is 19.2. The van der Waals surface area contributed by atoms with Crippen molar-refractivity contribution in [1.29, 1.82) is 0 Å². The number of benzene rings is 1. The third kappa shape index (κ3) is 2.80. The monoisotopic (exact) mass is 336 g/mol. The quantitative estimate of drug-likeness (QED) is 0.881. The van der Waals surface area contributed by atoms with Gasteiger partial charge in [0, 0.05) is 11.8 Å². The van der Waals surface area contributed by atoms with E-state index in [1.165, 1.54) is 17.2 Å². The number of aromatic nitrogens is 2. The summed E-state index contributed by atoms with van der Waals surface area (Å²) in [5.74, 6) is -3.19. The molecule has 2 heterocycles. The van der Waals surface area contributed by atoms with Crippen molar-refractivity contribution in [3.05, 3.63) is 47.3 Å². The van der Waals surface area contributed by atoms with Gasteiger partial charge in [-0.2, -0.15) is 5.10 Å². The zero-order chi connectivity index (χ0) is 17.4. The maximum Gasteiger partial charge on any atom is 0.339 e. The van der Waals surface area contributed by atoms with E-state index in [1.807, 2.05) is 0 Å². The molecule has 2 amide bonds. The van der Waals surface area contributed by atoms with E-state index in [-0.39, 0.29) is 23.8 Å². The summed E-state index contributed by atoms with van der Waals surface area (Å²) >= 11 is 0. The molecule has 1 aliphatic heterocycles. The van der Waals surface area contributed by atoms with Crippen molar-refractivity contribution in [1.82, 2.24) is 14.7 Å². The molecule has 0 saturated carbocycles. The summed E-state index contributed by atoms with van der Waals surface area (Å²) in [7, 11) is 0. The molecule has 1 aliphatic rings. The van der Waals surface area contributed by atoms with E-state index in [1.54, 1.807) is 11.6 Å². The molecule has 0 fully saturated rings. The SMILES string of the molecule is C[C@H]1Cn2ncc(C(=O)O)c2CN1C(=O)Nc1ccc(F)c(F)c1. The number of hydrogen-bond donors (Lipinski definition) is 2. The standard InChI is InChI=1S/C15H14F2N4O3/c1-8-6-21-13(10(5-18-21)14(22)23)7-20(8)15(24)19-9-2-3-11(16)12(17)4-9/h2-5,8H,6-7H2,1H3,(H,19,24)(H,22,23)/t8-/m0/s1. The molecule has 0 aliphatic carbocycles. The summed E-state index contributed by atoms with van der Waals surface area (Å²) in [4.78, 5) is 25.0. The number of nitrogens with zero attached hydrogens (tertiary/aromatic N) is 3. The topological polar surface area (TPSA) is 87.5 Å². The molecule has 1 aromatic heterocycles. The van der Waals surface area contributed by atoms with Gasteiger partial charge in [0.15, 0.2) is 11.6 Å². The van der Waals surface area contributed by atoms with Crippen LogP contribution in [0.1, 0.15) is 23.0 Å². The van der Waals surface area contributed by atoms with Gasteiger partial charge in [-0.3, -0.25) is 4.68 Å². The molecule has 0 bridgehead atoms. The number of urea groups is 1. The van der Waals surface area contributed by atoms with Crippen LogP contribution in [-0.2, 0) is 13.1 Å². The number of fused-ring (bicyclic) bond motifs is 1. The molecule has 1 atom stereocenters. The second-order valence-electron chi connectivity index (χ2n) is 5.53. The summed E-state index contributed by atoms with van der Waals surface area (Å²) < 4.78 is 27.7. The number of anilines is 1. The third-order valence-electron chi connectivity index (χ3n) is 3.90. The third-order valence-corrected chi connectivity index (χ3v) is 3.90. The van der Waals surface area contributed by atoms with Gasteiger partial charge >= 0.3 is 12.0 Å². The Morgan fingerprint density at radius 3 is 2.75 bits per heavy atom. The molecule has 24 heavy (non-hydrogen) atoms. The van der Waals surface area contributed by atoms with Gasteiger partial charge in [0.05, 0.1) is 31.0 Å². The van der Waals surface area contributed by atoms with E-state index >= 15 is 0 Å². The predicted octanol–water partition coefficient (Wildman–Crippen LogP) is 2.30. The van der Waals surface area contributed by atoms with E-state index in [9.17, 15) is 18.4 Å². The maximum absolute atomic E-state index is 13.2. The number of nitrogens with one attached hydrogen (secondary N) is 1. The van der Waals surface area contributed by atoms with Crippen molar-refractivity contribution in [2.24, 2.45) is 0 Å². The fourth-order valence-electron chi connectivity index (χ4n) is 2.62. The molecule has 0 unspecified atom stereocenters. The van der Waals surface area contributed by atoms with Crippen LogP contribution in [0.5, 0.6) is 0 Å². The molecule has 2 N–H and O–H groups in total. The van der Waals surface area contributed by atoms with Gasteiger partial charge in [0.2, 0.25) is 0 Å². The summed E-state index contributed by atoms with van der Waals surface area (Å²) in [5.41, 5.74) is 0.567. The van der Waals surface area contributed by atoms with Crippen molar-refractivity contribution >= 4 is 17.7 Å². The number of carbonyl (C=O) groups excluding carboxylic acids is 1. The van der Waals surface area contributed by atoms with Gasteiger partial charge in [0.1, 0.15) is 5.56 Å². The number of halogens is 2. The molecule has 0 spiro atoms. The van der Waals surface area contributed by atoms with Crippen LogP contribution in [0.4, 0.5) is 19.3 Å². The van der Waals surface area contributed by atoms with Crippen molar-refractivity contribution in [3.63, 3.8) is 0 Å². The lowest BCUT2D eigenvalue weighted by Gasteiger charge is -2.34. The number of carboxylic acid groups (broad SMARTS) is 1. The lowest BCUT2D eigenvalue weighted by molar-refractivity contribution is 0.0691. The lowest BCUT2D eigenvalue weighted by Crippen LogP contribution is -2.47. The van der Waals surface area contributed by atoms with Gasteiger partial charge in [-0.15, -0.1) is 0 Å². The number of amides is 2. The minimum Gasteiger partial charge on any atom is -0.478 e. The number of carbonyl (C=O) groups is 2. The van der Waals surface area contributed by atoms with Gasteiger partial charge in [-0.05, 0) is 19.1 Å². The van der Waals surface area contributed by atoms with Crippen LogP contribution < -0.4 is 5.32 Å². The van der Waals surface area contributed by atoms with Crippen LogP contribution in [0.2, 0.25) is 0 Å². The Balaban J connectivity index is 1.80. The highest BCUT2D eigenvalue weighted by Gasteiger charge is 2.31. The molecule has 9 heteroatoms. The summed E-state index contributed by atoms with van der Waals surface area (Å²) in [6, 6.07) is 2.27. The molecule has 126 valence electrons. The number of hydrogen-bond acceptors (Lipinski definition) is 3. The second kappa shape index (κ2) is 5.91. The normalized spacial score (nSPS) is 16.6. The summed E-state index contributed by atoms with van der Waals surface area (Å²) in [6.07, 6.45) is 1.25. The first-order valence-corrected chi connectivity index (χ1v) is 7.17. The Morgan fingerprint density at radius 1 is 1.33 bits per heavy atom. The lowest BCUT2D eigenvalue weighted by atomic mass is 10.1. The van der Waals surface area contributed by atoms with Gasteiger partial charge in [0.25, 0.3) is 0 Å².